The molecule has 0 saturated carbocycles. The number of carbonyl (C=O) groups is 1. The summed E-state index contributed by atoms with van der Waals surface area (Å²) in [6.07, 6.45) is 3.07. The van der Waals surface area contributed by atoms with E-state index in [2.05, 4.69) is 58.4 Å². The Kier molecular flexibility index (Phi) is 6.79. The highest BCUT2D eigenvalue weighted by molar-refractivity contribution is 6.02. The molecule has 2 aromatic carbocycles. The van der Waals surface area contributed by atoms with Crippen molar-refractivity contribution in [3.05, 3.63) is 78.2 Å². The number of amides is 1. The summed E-state index contributed by atoms with van der Waals surface area (Å²) in [5.74, 6) is 0.345. The molecule has 0 radical (unpaired) electrons. The minimum Gasteiger partial charge on any atom is -0.372 e. The molecule has 0 fully saturated rings. The standard InChI is InChI=1S/C23H27N5O/c1-4-28(5-2)20-13-11-19(12-14-20)27-23(29)21-15-25-22(16-24-21)26-17(3)18-9-7-6-8-10-18/h6-17H,4-5H2,1-3H3,(H,25,26)(H,27,29). The van der Waals surface area contributed by atoms with Crippen LogP contribution in [0.4, 0.5) is 17.2 Å². The van der Waals surface area contributed by atoms with E-state index >= 15 is 0 Å². The fourth-order valence-electron chi connectivity index (χ4n) is 3.11. The molecule has 0 aliphatic heterocycles. The van der Waals surface area contributed by atoms with Crippen molar-refractivity contribution in [3.8, 4) is 0 Å². The molecule has 6 heteroatoms. The zero-order valence-corrected chi connectivity index (χ0v) is 17.1. The highest BCUT2D eigenvalue weighted by Crippen LogP contribution is 2.19. The third kappa shape index (κ3) is 5.31. The van der Waals surface area contributed by atoms with Gasteiger partial charge in [0.15, 0.2) is 0 Å². The largest absolute Gasteiger partial charge is 0.372 e. The van der Waals surface area contributed by atoms with Crippen LogP contribution >= 0.6 is 0 Å². The molecule has 3 aromatic rings. The summed E-state index contributed by atoms with van der Waals surface area (Å²) in [5.41, 5.74) is 3.29. The number of hydrogen-bond acceptors (Lipinski definition) is 5. The van der Waals surface area contributed by atoms with Crippen molar-refractivity contribution in [1.29, 1.82) is 0 Å². The first-order valence-electron chi connectivity index (χ1n) is 9.90. The summed E-state index contributed by atoms with van der Waals surface area (Å²) in [4.78, 5) is 23.3. The normalized spacial score (nSPS) is 11.6. The van der Waals surface area contributed by atoms with E-state index in [1.165, 1.54) is 6.20 Å². The molecule has 1 amide bonds. The highest BCUT2D eigenvalue weighted by atomic mass is 16.1. The van der Waals surface area contributed by atoms with E-state index in [0.717, 1.165) is 30.0 Å². The zero-order valence-electron chi connectivity index (χ0n) is 17.1. The van der Waals surface area contributed by atoms with E-state index in [0.29, 0.717) is 5.82 Å². The van der Waals surface area contributed by atoms with E-state index in [1.807, 2.05) is 42.5 Å². The van der Waals surface area contributed by atoms with Crippen LogP contribution in [-0.4, -0.2) is 29.0 Å². The monoisotopic (exact) mass is 389 g/mol. The predicted molar refractivity (Wildman–Crippen MR) is 118 cm³/mol. The van der Waals surface area contributed by atoms with Gasteiger partial charge in [-0.1, -0.05) is 30.3 Å². The Balaban J connectivity index is 1.60. The molecule has 1 atom stereocenters. The Hall–Kier alpha value is -3.41. The predicted octanol–water partition coefficient (Wildman–Crippen LogP) is 4.75. The number of aromatic nitrogens is 2. The maximum atomic E-state index is 12.5. The number of hydrogen-bond donors (Lipinski definition) is 2. The molecule has 3 rings (SSSR count). The molecule has 0 aliphatic carbocycles. The zero-order chi connectivity index (χ0) is 20.6. The summed E-state index contributed by atoms with van der Waals surface area (Å²) < 4.78 is 0. The molecule has 1 aromatic heterocycles. The Morgan fingerprint density at radius 3 is 2.24 bits per heavy atom. The van der Waals surface area contributed by atoms with Gasteiger partial charge in [-0.05, 0) is 50.6 Å². The summed E-state index contributed by atoms with van der Waals surface area (Å²) in [6, 6.07) is 18.0. The first-order chi connectivity index (χ1) is 14.1. The van der Waals surface area contributed by atoms with E-state index in [1.54, 1.807) is 6.20 Å². The van der Waals surface area contributed by atoms with Crippen LogP contribution in [0.15, 0.2) is 67.0 Å². The SMILES string of the molecule is CCN(CC)c1ccc(NC(=O)c2cnc(NC(C)c3ccccc3)cn2)cc1. The minimum absolute atomic E-state index is 0.0921. The van der Waals surface area contributed by atoms with Crippen LogP contribution in [0.3, 0.4) is 0 Å². The first-order valence-corrected chi connectivity index (χ1v) is 9.90. The molecule has 0 saturated heterocycles. The molecule has 0 bridgehead atoms. The summed E-state index contributed by atoms with van der Waals surface area (Å²) in [5, 5.41) is 6.16. The smallest absolute Gasteiger partial charge is 0.275 e. The van der Waals surface area contributed by atoms with Crippen LogP contribution in [0.1, 0.15) is 42.9 Å². The Morgan fingerprint density at radius 2 is 1.66 bits per heavy atom. The third-order valence-corrected chi connectivity index (χ3v) is 4.80. The van der Waals surface area contributed by atoms with E-state index in [4.69, 9.17) is 0 Å². The summed E-state index contributed by atoms with van der Waals surface area (Å²) >= 11 is 0. The number of carbonyl (C=O) groups excluding carboxylic acids is 1. The second-order valence-electron chi connectivity index (χ2n) is 6.74. The Bertz CT molecular complexity index is 906. The van der Waals surface area contributed by atoms with Gasteiger partial charge in [-0.15, -0.1) is 0 Å². The molecule has 150 valence electrons. The van der Waals surface area contributed by atoms with Crippen LogP contribution < -0.4 is 15.5 Å². The number of rotatable bonds is 8. The molecule has 2 N–H and O–H groups in total. The van der Waals surface area contributed by atoms with Crippen molar-refractivity contribution in [2.45, 2.75) is 26.8 Å². The van der Waals surface area contributed by atoms with E-state index < -0.39 is 0 Å². The van der Waals surface area contributed by atoms with Crippen molar-refractivity contribution in [2.24, 2.45) is 0 Å². The van der Waals surface area contributed by atoms with Crippen LogP contribution in [0.25, 0.3) is 0 Å². The van der Waals surface area contributed by atoms with Crippen LogP contribution in [0.2, 0.25) is 0 Å². The van der Waals surface area contributed by atoms with Crippen LogP contribution in [0.5, 0.6) is 0 Å². The second kappa shape index (κ2) is 9.68. The minimum atomic E-state index is -0.282. The lowest BCUT2D eigenvalue weighted by Crippen LogP contribution is -2.21. The van der Waals surface area contributed by atoms with E-state index in [-0.39, 0.29) is 17.6 Å². The number of benzene rings is 2. The average Bonchev–Trinajstić information content (AvgIpc) is 2.77. The van der Waals surface area contributed by atoms with Gasteiger partial charge in [-0.25, -0.2) is 9.97 Å². The second-order valence-corrected chi connectivity index (χ2v) is 6.74. The maximum absolute atomic E-state index is 12.5. The molecule has 29 heavy (non-hydrogen) atoms. The lowest BCUT2D eigenvalue weighted by Gasteiger charge is -2.21. The summed E-state index contributed by atoms with van der Waals surface area (Å²) in [6.45, 7) is 8.19. The molecule has 0 aliphatic rings. The van der Waals surface area contributed by atoms with E-state index in [9.17, 15) is 4.79 Å². The Labute approximate surface area is 172 Å². The van der Waals surface area contributed by atoms with Crippen LogP contribution in [-0.2, 0) is 0 Å². The molecule has 1 unspecified atom stereocenters. The molecule has 0 spiro atoms. The van der Waals surface area contributed by atoms with Gasteiger partial charge in [0.2, 0.25) is 0 Å². The highest BCUT2D eigenvalue weighted by Gasteiger charge is 2.11. The van der Waals surface area contributed by atoms with Gasteiger partial charge in [0.25, 0.3) is 5.91 Å². The van der Waals surface area contributed by atoms with Gasteiger partial charge in [-0.2, -0.15) is 0 Å². The van der Waals surface area contributed by atoms with Crippen LogP contribution in [0, 0.1) is 0 Å². The van der Waals surface area contributed by atoms with Gasteiger partial charge in [-0.3, -0.25) is 4.79 Å². The number of nitrogens with one attached hydrogen (secondary N) is 2. The quantitative estimate of drug-likeness (QED) is 0.582. The number of nitrogens with zero attached hydrogens (tertiary/aromatic N) is 3. The topological polar surface area (TPSA) is 70.2 Å². The fourth-order valence-corrected chi connectivity index (χ4v) is 3.11. The van der Waals surface area contributed by atoms with Gasteiger partial charge in [0.1, 0.15) is 11.5 Å². The van der Waals surface area contributed by atoms with Gasteiger partial charge in [0.05, 0.1) is 12.4 Å². The van der Waals surface area contributed by atoms with Gasteiger partial charge in [0, 0.05) is 30.5 Å². The Morgan fingerprint density at radius 1 is 0.966 bits per heavy atom. The lowest BCUT2D eigenvalue weighted by molar-refractivity contribution is 0.102. The van der Waals surface area contributed by atoms with Crippen molar-refractivity contribution in [3.63, 3.8) is 0 Å². The maximum Gasteiger partial charge on any atom is 0.275 e. The molecule has 6 nitrogen and oxygen atoms in total. The van der Waals surface area contributed by atoms with Gasteiger partial charge < -0.3 is 15.5 Å². The first kappa shape index (κ1) is 20.3. The molecular formula is C23H27N5O. The summed E-state index contributed by atoms with van der Waals surface area (Å²) in [7, 11) is 0. The van der Waals surface area contributed by atoms with Gasteiger partial charge >= 0.3 is 0 Å². The molecule has 1 heterocycles. The van der Waals surface area contributed by atoms with Crippen molar-refractivity contribution < 1.29 is 4.79 Å². The third-order valence-electron chi connectivity index (χ3n) is 4.80. The van der Waals surface area contributed by atoms with Crippen molar-refractivity contribution in [1.82, 2.24) is 9.97 Å². The molecular weight excluding hydrogens is 362 g/mol. The lowest BCUT2D eigenvalue weighted by atomic mass is 10.1. The van der Waals surface area contributed by atoms with Crippen molar-refractivity contribution >= 4 is 23.1 Å². The number of anilines is 3. The van der Waals surface area contributed by atoms with Crippen molar-refractivity contribution in [2.75, 3.05) is 28.6 Å². The fraction of sp³-hybridized carbons (Fsp3) is 0.261. The average molecular weight is 390 g/mol.